The van der Waals surface area contributed by atoms with Crippen LogP contribution in [-0.4, -0.2) is 16.4 Å². The highest BCUT2D eigenvalue weighted by molar-refractivity contribution is 9.09. The number of carboxylic acid groups (broad SMARTS) is 1. The van der Waals surface area contributed by atoms with E-state index in [1.54, 1.807) is 0 Å². The molecule has 0 fully saturated rings. The molecule has 0 aliphatic carbocycles. The van der Waals surface area contributed by atoms with E-state index < -0.39 is 5.97 Å². The molecule has 2 aromatic rings. The Morgan fingerprint density at radius 2 is 1.81 bits per heavy atom. The van der Waals surface area contributed by atoms with E-state index in [0.717, 1.165) is 31.0 Å². The largest absolute Gasteiger partial charge is 0.481 e. The van der Waals surface area contributed by atoms with E-state index in [4.69, 9.17) is 0 Å². The molecule has 0 aliphatic heterocycles. The van der Waals surface area contributed by atoms with Crippen LogP contribution >= 0.6 is 15.9 Å². The molecule has 0 radical (unpaired) electrons. The zero-order valence-electron chi connectivity index (χ0n) is 12.1. The van der Waals surface area contributed by atoms with Crippen LogP contribution in [0.15, 0.2) is 42.5 Å². The molecule has 0 aromatic heterocycles. The lowest BCUT2D eigenvalue weighted by atomic mass is 9.92. The maximum Gasteiger partial charge on any atom is 0.306 e. The maximum atomic E-state index is 11.4. The van der Waals surface area contributed by atoms with Crippen LogP contribution in [-0.2, 0) is 11.2 Å². The van der Waals surface area contributed by atoms with Crippen molar-refractivity contribution in [1.82, 2.24) is 0 Å². The number of unbranched alkanes of at least 4 members (excludes halogenated alkanes) is 1. The molecule has 1 atom stereocenters. The summed E-state index contributed by atoms with van der Waals surface area (Å²) >= 11 is 3.39. The Labute approximate surface area is 134 Å². The molecule has 1 N–H and O–H groups in total. The second kappa shape index (κ2) is 8.18. The highest BCUT2D eigenvalue weighted by atomic mass is 79.9. The fourth-order valence-electron chi connectivity index (χ4n) is 2.72. The van der Waals surface area contributed by atoms with Crippen LogP contribution in [0.2, 0.25) is 0 Å². The van der Waals surface area contributed by atoms with Crippen molar-refractivity contribution in [2.45, 2.75) is 32.1 Å². The van der Waals surface area contributed by atoms with E-state index in [9.17, 15) is 9.90 Å². The Hall–Kier alpha value is -1.35. The number of carboxylic acids is 1. The third-order valence-corrected chi connectivity index (χ3v) is 4.49. The zero-order valence-corrected chi connectivity index (χ0v) is 13.7. The Balaban J connectivity index is 2.03. The quantitative estimate of drug-likeness (QED) is 0.536. The second-order valence-electron chi connectivity index (χ2n) is 5.40. The molecule has 0 aliphatic rings. The predicted molar refractivity (Wildman–Crippen MR) is 91.0 cm³/mol. The van der Waals surface area contributed by atoms with E-state index in [2.05, 4.69) is 46.3 Å². The van der Waals surface area contributed by atoms with Gasteiger partial charge < -0.3 is 5.11 Å². The molecule has 2 nitrogen and oxygen atoms in total. The first-order chi connectivity index (χ1) is 10.2. The molecular weight excluding hydrogens is 328 g/mol. The number of carbonyl (C=O) groups is 1. The number of rotatable bonds is 8. The third-order valence-electron chi connectivity index (χ3n) is 3.93. The summed E-state index contributed by atoms with van der Waals surface area (Å²) in [7, 11) is 0. The monoisotopic (exact) mass is 348 g/mol. The predicted octanol–water partition coefficient (Wildman–Crippen LogP) is 5.04. The first-order valence-electron chi connectivity index (χ1n) is 7.48. The highest BCUT2D eigenvalue weighted by Gasteiger charge is 2.17. The number of aryl methyl sites for hydroxylation is 1. The van der Waals surface area contributed by atoms with Crippen LogP contribution < -0.4 is 0 Å². The molecule has 1 unspecified atom stereocenters. The Bertz CT molecular complexity index is 589. The smallest absolute Gasteiger partial charge is 0.306 e. The fraction of sp³-hybridized carbons (Fsp3) is 0.389. The van der Waals surface area contributed by atoms with Crippen LogP contribution in [0.4, 0.5) is 0 Å². The van der Waals surface area contributed by atoms with Crippen LogP contribution in [0, 0.1) is 5.92 Å². The average molecular weight is 349 g/mol. The summed E-state index contributed by atoms with van der Waals surface area (Å²) in [5.41, 5.74) is 1.25. The Morgan fingerprint density at radius 3 is 2.57 bits per heavy atom. The van der Waals surface area contributed by atoms with Gasteiger partial charge >= 0.3 is 5.97 Å². The van der Waals surface area contributed by atoms with E-state index >= 15 is 0 Å². The summed E-state index contributed by atoms with van der Waals surface area (Å²) in [4.78, 5) is 11.4. The van der Waals surface area contributed by atoms with Crippen molar-refractivity contribution in [3.8, 4) is 0 Å². The number of hydrogen-bond donors (Lipinski definition) is 1. The summed E-state index contributed by atoms with van der Waals surface area (Å²) < 4.78 is 0. The highest BCUT2D eigenvalue weighted by Crippen LogP contribution is 2.23. The van der Waals surface area contributed by atoms with E-state index in [1.807, 2.05) is 12.1 Å². The number of fused-ring (bicyclic) bond motifs is 1. The molecule has 0 saturated heterocycles. The van der Waals surface area contributed by atoms with Gasteiger partial charge in [0.25, 0.3) is 0 Å². The normalized spacial score (nSPS) is 12.4. The molecule has 2 rings (SSSR count). The van der Waals surface area contributed by atoms with Crippen molar-refractivity contribution < 1.29 is 9.90 Å². The van der Waals surface area contributed by atoms with E-state index in [1.165, 1.54) is 16.3 Å². The van der Waals surface area contributed by atoms with Crippen molar-refractivity contribution in [3.63, 3.8) is 0 Å². The first kappa shape index (κ1) is 16.0. The van der Waals surface area contributed by atoms with Gasteiger partial charge in [-0.1, -0.05) is 64.8 Å². The molecule has 0 amide bonds. The van der Waals surface area contributed by atoms with Gasteiger partial charge in [-0.3, -0.25) is 4.79 Å². The van der Waals surface area contributed by atoms with Crippen molar-refractivity contribution in [2.24, 2.45) is 5.92 Å². The van der Waals surface area contributed by atoms with Gasteiger partial charge in [0, 0.05) is 5.33 Å². The molecule has 0 heterocycles. The first-order valence-corrected chi connectivity index (χ1v) is 8.60. The standard InChI is InChI=1S/C18H21BrO2/c19-13-4-3-7-16(18(20)21)12-11-15-9-5-8-14-6-1-2-10-17(14)15/h1-2,5-6,8-10,16H,3-4,7,11-13H2,(H,20,21). The molecule has 21 heavy (non-hydrogen) atoms. The molecular formula is C18H21BrO2. The lowest BCUT2D eigenvalue weighted by molar-refractivity contribution is -0.142. The number of halogens is 1. The minimum absolute atomic E-state index is 0.233. The van der Waals surface area contributed by atoms with Crippen molar-refractivity contribution in [3.05, 3.63) is 48.0 Å². The third kappa shape index (κ3) is 4.57. The fourth-order valence-corrected chi connectivity index (χ4v) is 3.11. The van der Waals surface area contributed by atoms with Gasteiger partial charge in [-0.15, -0.1) is 0 Å². The maximum absolute atomic E-state index is 11.4. The number of hydrogen-bond acceptors (Lipinski definition) is 1. The van der Waals surface area contributed by atoms with Gasteiger partial charge in [0.1, 0.15) is 0 Å². The molecule has 0 bridgehead atoms. The summed E-state index contributed by atoms with van der Waals surface area (Å²) in [6.07, 6.45) is 4.32. The van der Waals surface area contributed by atoms with Gasteiger partial charge in [0.15, 0.2) is 0 Å². The van der Waals surface area contributed by atoms with Gasteiger partial charge in [-0.2, -0.15) is 0 Å². The van der Waals surface area contributed by atoms with E-state index in [-0.39, 0.29) is 5.92 Å². The number of benzene rings is 2. The lowest BCUT2D eigenvalue weighted by Crippen LogP contribution is -2.14. The molecule has 112 valence electrons. The molecule has 0 spiro atoms. The van der Waals surface area contributed by atoms with Gasteiger partial charge in [-0.25, -0.2) is 0 Å². The van der Waals surface area contributed by atoms with Crippen LogP contribution in [0.25, 0.3) is 10.8 Å². The molecule has 0 saturated carbocycles. The summed E-state index contributed by atoms with van der Waals surface area (Å²) in [5.74, 6) is -0.896. The average Bonchev–Trinajstić information content (AvgIpc) is 2.50. The van der Waals surface area contributed by atoms with Gasteiger partial charge in [0.05, 0.1) is 5.92 Å². The van der Waals surface area contributed by atoms with Crippen molar-refractivity contribution in [1.29, 1.82) is 0 Å². The Morgan fingerprint density at radius 1 is 1.05 bits per heavy atom. The number of aliphatic carboxylic acids is 1. The summed E-state index contributed by atoms with van der Waals surface area (Å²) in [6.45, 7) is 0. The van der Waals surface area contributed by atoms with E-state index in [0.29, 0.717) is 6.42 Å². The topological polar surface area (TPSA) is 37.3 Å². The van der Waals surface area contributed by atoms with Crippen molar-refractivity contribution >= 4 is 32.7 Å². The SMILES string of the molecule is O=C(O)C(CCCCBr)CCc1cccc2ccccc12. The zero-order chi connectivity index (χ0) is 15.1. The van der Waals surface area contributed by atoms with Crippen LogP contribution in [0.1, 0.15) is 31.2 Å². The minimum atomic E-state index is -0.662. The van der Waals surface area contributed by atoms with Crippen molar-refractivity contribution in [2.75, 3.05) is 5.33 Å². The summed E-state index contributed by atoms with van der Waals surface area (Å²) in [5, 5.41) is 12.8. The minimum Gasteiger partial charge on any atom is -0.481 e. The number of alkyl halides is 1. The Kier molecular flexibility index (Phi) is 6.24. The van der Waals surface area contributed by atoms with Gasteiger partial charge in [0.2, 0.25) is 0 Å². The second-order valence-corrected chi connectivity index (χ2v) is 6.19. The lowest BCUT2D eigenvalue weighted by Gasteiger charge is -2.13. The van der Waals surface area contributed by atoms with Crippen LogP contribution in [0.5, 0.6) is 0 Å². The van der Waals surface area contributed by atoms with Crippen LogP contribution in [0.3, 0.4) is 0 Å². The molecule has 3 heteroatoms. The molecule has 2 aromatic carbocycles. The summed E-state index contributed by atoms with van der Waals surface area (Å²) in [6, 6.07) is 14.6. The van der Waals surface area contributed by atoms with Gasteiger partial charge in [-0.05, 0) is 42.0 Å².